The molecule has 0 radical (unpaired) electrons. The Morgan fingerprint density at radius 1 is 1.25 bits per heavy atom. The number of hydrogen-bond acceptors (Lipinski definition) is 2. The van der Waals surface area contributed by atoms with Crippen LogP contribution >= 0.6 is 15.9 Å². The van der Waals surface area contributed by atoms with Gasteiger partial charge in [0.05, 0.1) is 0 Å². The van der Waals surface area contributed by atoms with Gasteiger partial charge in [-0.25, -0.2) is 4.39 Å². The van der Waals surface area contributed by atoms with Gasteiger partial charge in [0.2, 0.25) is 0 Å². The standard InChI is InChI=1S/C16H22BrFN2/c17-12-5-6-15(18)13(7-12)16(8-19)20-9-14(10-1-2-10)11-3-4-11/h5-7,10-11,14,16,20H,1-4,8-9,19H2. The highest BCUT2D eigenvalue weighted by Gasteiger charge is 2.41. The van der Waals surface area contributed by atoms with Crippen LogP contribution in [0.3, 0.4) is 0 Å². The van der Waals surface area contributed by atoms with Gasteiger partial charge in [0.1, 0.15) is 5.82 Å². The molecule has 0 heterocycles. The average molecular weight is 341 g/mol. The smallest absolute Gasteiger partial charge is 0.128 e. The van der Waals surface area contributed by atoms with Gasteiger partial charge in [-0.3, -0.25) is 0 Å². The van der Waals surface area contributed by atoms with Crippen molar-refractivity contribution in [2.24, 2.45) is 23.5 Å². The van der Waals surface area contributed by atoms with E-state index in [0.717, 1.165) is 28.8 Å². The lowest BCUT2D eigenvalue weighted by Gasteiger charge is -2.23. The maximum absolute atomic E-state index is 14.0. The van der Waals surface area contributed by atoms with Crippen LogP contribution in [0.4, 0.5) is 4.39 Å². The maximum atomic E-state index is 14.0. The van der Waals surface area contributed by atoms with Crippen LogP contribution in [0, 0.1) is 23.6 Å². The largest absolute Gasteiger partial charge is 0.329 e. The minimum atomic E-state index is -0.175. The summed E-state index contributed by atoms with van der Waals surface area (Å²) in [5.41, 5.74) is 6.52. The molecule has 0 saturated heterocycles. The normalized spacial score (nSPS) is 20.4. The molecule has 4 heteroatoms. The topological polar surface area (TPSA) is 38.0 Å². The molecule has 2 fully saturated rings. The van der Waals surface area contributed by atoms with E-state index >= 15 is 0 Å². The van der Waals surface area contributed by atoms with E-state index in [-0.39, 0.29) is 11.9 Å². The second-order valence-corrected chi connectivity index (χ2v) is 7.12. The molecule has 2 aliphatic rings. The number of hydrogen-bond donors (Lipinski definition) is 2. The zero-order valence-corrected chi connectivity index (χ0v) is 13.2. The summed E-state index contributed by atoms with van der Waals surface area (Å²) in [6.07, 6.45) is 5.51. The van der Waals surface area contributed by atoms with E-state index in [2.05, 4.69) is 21.2 Å². The van der Waals surface area contributed by atoms with Crippen LogP contribution in [0.5, 0.6) is 0 Å². The van der Waals surface area contributed by atoms with E-state index < -0.39 is 0 Å². The number of halogens is 2. The van der Waals surface area contributed by atoms with Crippen LogP contribution in [0.25, 0.3) is 0 Å². The van der Waals surface area contributed by atoms with E-state index in [4.69, 9.17) is 5.73 Å². The number of benzene rings is 1. The van der Waals surface area contributed by atoms with Crippen molar-refractivity contribution in [3.8, 4) is 0 Å². The third-order valence-corrected chi connectivity index (χ3v) is 5.12. The van der Waals surface area contributed by atoms with Gasteiger partial charge >= 0.3 is 0 Å². The number of rotatable bonds is 7. The summed E-state index contributed by atoms with van der Waals surface area (Å²) < 4.78 is 14.9. The highest BCUT2D eigenvalue weighted by atomic mass is 79.9. The molecule has 0 amide bonds. The van der Waals surface area contributed by atoms with Gasteiger partial charge in [0.15, 0.2) is 0 Å². The van der Waals surface area contributed by atoms with Gasteiger partial charge in [-0.15, -0.1) is 0 Å². The predicted molar refractivity (Wildman–Crippen MR) is 82.8 cm³/mol. The fourth-order valence-corrected chi connectivity index (χ4v) is 3.53. The Bertz CT molecular complexity index is 460. The average Bonchev–Trinajstić information content (AvgIpc) is 3.30. The highest BCUT2D eigenvalue weighted by Crippen LogP contribution is 2.49. The molecule has 0 aliphatic heterocycles. The zero-order chi connectivity index (χ0) is 14.1. The molecule has 0 aromatic heterocycles. The number of nitrogens with two attached hydrogens (primary N) is 1. The van der Waals surface area contributed by atoms with Crippen molar-refractivity contribution in [2.45, 2.75) is 31.7 Å². The van der Waals surface area contributed by atoms with Crippen molar-refractivity contribution in [1.29, 1.82) is 0 Å². The minimum absolute atomic E-state index is 0.0903. The van der Waals surface area contributed by atoms with Crippen LogP contribution in [0.15, 0.2) is 22.7 Å². The monoisotopic (exact) mass is 340 g/mol. The van der Waals surface area contributed by atoms with Crippen molar-refractivity contribution >= 4 is 15.9 Å². The predicted octanol–water partition coefficient (Wildman–Crippen LogP) is 3.61. The quantitative estimate of drug-likeness (QED) is 0.795. The summed E-state index contributed by atoms with van der Waals surface area (Å²) in [7, 11) is 0. The van der Waals surface area contributed by atoms with Crippen LogP contribution in [0.2, 0.25) is 0 Å². The Hall–Kier alpha value is -0.450. The summed E-state index contributed by atoms with van der Waals surface area (Å²) in [4.78, 5) is 0. The fourth-order valence-electron chi connectivity index (χ4n) is 3.15. The fraction of sp³-hybridized carbons (Fsp3) is 0.625. The molecule has 20 heavy (non-hydrogen) atoms. The van der Waals surface area contributed by atoms with Crippen LogP contribution in [-0.4, -0.2) is 13.1 Å². The van der Waals surface area contributed by atoms with Gasteiger partial charge in [0.25, 0.3) is 0 Å². The molecule has 3 rings (SSSR count). The van der Waals surface area contributed by atoms with Crippen LogP contribution in [0.1, 0.15) is 37.3 Å². The first-order chi connectivity index (χ1) is 9.69. The van der Waals surface area contributed by atoms with Crippen LogP contribution in [-0.2, 0) is 0 Å². The van der Waals surface area contributed by atoms with Crippen molar-refractivity contribution in [1.82, 2.24) is 5.32 Å². The van der Waals surface area contributed by atoms with E-state index in [1.54, 1.807) is 6.07 Å². The Labute approximate surface area is 128 Å². The second-order valence-electron chi connectivity index (χ2n) is 6.20. The molecular formula is C16H22BrFN2. The summed E-state index contributed by atoms with van der Waals surface area (Å²) >= 11 is 3.41. The second kappa shape index (κ2) is 6.12. The third kappa shape index (κ3) is 3.41. The molecular weight excluding hydrogens is 319 g/mol. The van der Waals surface area contributed by atoms with Crippen molar-refractivity contribution in [3.63, 3.8) is 0 Å². The Morgan fingerprint density at radius 3 is 2.45 bits per heavy atom. The summed E-state index contributed by atoms with van der Waals surface area (Å²) in [5, 5.41) is 3.51. The molecule has 2 nitrogen and oxygen atoms in total. The molecule has 1 aromatic carbocycles. The first kappa shape index (κ1) is 14.5. The molecule has 2 aliphatic carbocycles. The van der Waals surface area contributed by atoms with Crippen molar-refractivity contribution in [2.75, 3.05) is 13.1 Å². The Balaban J connectivity index is 1.65. The first-order valence-corrected chi connectivity index (χ1v) is 8.36. The SMILES string of the molecule is NCC(NCC(C1CC1)C1CC1)c1cc(Br)ccc1F. The molecule has 1 aromatic rings. The zero-order valence-electron chi connectivity index (χ0n) is 11.6. The van der Waals surface area contributed by atoms with Gasteiger partial charge in [-0.1, -0.05) is 15.9 Å². The van der Waals surface area contributed by atoms with Crippen molar-refractivity contribution < 1.29 is 4.39 Å². The van der Waals surface area contributed by atoms with Gasteiger partial charge in [-0.05, 0) is 68.2 Å². The summed E-state index contributed by atoms with van der Waals surface area (Å²) in [5.74, 6) is 2.41. The van der Waals surface area contributed by atoms with E-state index in [9.17, 15) is 4.39 Å². The molecule has 110 valence electrons. The van der Waals surface area contributed by atoms with Crippen LogP contribution < -0.4 is 11.1 Å². The Morgan fingerprint density at radius 2 is 1.90 bits per heavy atom. The minimum Gasteiger partial charge on any atom is -0.329 e. The molecule has 3 N–H and O–H groups in total. The van der Waals surface area contributed by atoms with E-state index in [1.165, 1.54) is 31.7 Å². The maximum Gasteiger partial charge on any atom is 0.128 e. The molecule has 0 spiro atoms. The molecule has 2 saturated carbocycles. The highest BCUT2D eigenvalue weighted by molar-refractivity contribution is 9.10. The molecule has 0 bridgehead atoms. The lowest BCUT2D eigenvalue weighted by atomic mass is 9.96. The molecule has 1 unspecified atom stereocenters. The van der Waals surface area contributed by atoms with Gasteiger partial charge < -0.3 is 11.1 Å². The van der Waals surface area contributed by atoms with Gasteiger partial charge in [0, 0.05) is 22.6 Å². The lowest BCUT2D eigenvalue weighted by molar-refractivity contribution is 0.354. The van der Waals surface area contributed by atoms with Crippen molar-refractivity contribution in [3.05, 3.63) is 34.1 Å². The third-order valence-electron chi connectivity index (χ3n) is 4.62. The van der Waals surface area contributed by atoms with E-state index in [1.807, 2.05) is 6.07 Å². The molecule has 1 atom stereocenters. The van der Waals surface area contributed by atoms with Gasteiger partial charge in [-0.2, -0.15) is 0 Å². The number of nitrogens with one attached hydrogen (secondary N) is 1. The summed E-state index contributed by atoms with van der Waals surface area (Å²) in [6.45, 7) is 1.40. The van der Waals surface area contributed by atoms with E-state index in [0.29, 0.717) is 12.1 Å². The first-order valence-electron chi connectivity index (χ1n) is 7.57. The Kier molecular flexibility index (Phi) is 4.43. The summed E-state index contributed by atoms with van der Waals surface area (Å²) in [6, 6.07) is 4.97. The lowest BCUT2D eigenvalue weighted by Crippen LogP contribution is -2.34.